The zero-order chi connectivity index (χ0) is 20.1. The molecule has 1 aromatic carbocycles. The number of hydrogen-bond acceptors (Lipinski definition) is 5. The summed E-state index contributed by atoms with van der Waals surface area (Å²) < 4.78 is 11.1. The predicted octanol–water partition coefficient (Wildman–Crippen LogP) is 3.46. The lowest BCUT2D eigenvalue weighted by atomic mass is 9.97. The van der Waals surface area contributed by atoms with E-state index in [9.17, 15) is 4.79 Å². The Balaban J connectivity index is 1.48. The molecule has 0 aliphatic carbocycles. The zero-order valence-electron chi connectivity index (χ0n) is 17.8. The molecule has 0 radical (unpaired) electrons. The highest BCUT2D eigenvalue weighted by atomic mass is 16.6. The summed E-state index contributed by atoms with van der Waals surface area (Å²) in [6.45, 7) is 12.5. The second-order valence-corrected chi connectivity index (χ2v) is 8.89. The highest BCUT2D eigenvalue weighted by Crippen LogP contribution is 2.29. The first kappa shape index (κ1) is 20.8. The number of methoxy groups -OCH3 is 1. The Kier molecular flexibility index (Phi) is 6.70. The van der Waals surface area contributed by atoms with Gasteiger partial charge < -0.3 is 19.3 Å². The van der Waals surface area contributed by atoms with E-state index in [1.807, 2.05) is 37.8 Å². The minimum atomic E-state index is -0.432. The van der Waals surface area contributed by atoms with Gasteiger partial charge >= 0.3 is 6.09 Å². The molecule has 0 N–H and O–H groups in total. The van der Waals surface area contributed by atoms with Gasteiger partial charge in [-0.25, -0.2) is 4.79 Å². The molecule has 28 heavy (non-hydrogen) atoms. The number of likely N-dealkylation sites (tertiary alicyclic amines) is 1. The Morgan fingerprint density at radius 3 is 2.50 bits per heavy atom. The standard InChI is InChI=1S/C22H35N3O3/c1-22(2,3)28-21(26)25-11-7-8-18(17-25)16-23-12-14-24(15-13-23)19-9-5-6-10-20(19)27-4/h5-6,9-10,18H,7-8,11-17H2,1-4H3. The number of piperazine rings is 1. The fraction of sp³-hybridized carbons (Fsp3) is 0.682. The zero-order valence-corrected chi connectivity index (χ0v) is 17.8. The van der Waals surface area contributed by atoms with Crippen molar-refractivity contribution in [2.75, 3.05) is 57.8 Å². The van der Waals surface area contributed by atoms with Gasteiger partial charge in [-0.15, -0.1) is 0 Å². The molecule has 2 fully saturated rings. The number of ether oxygens (including phenoxy) is 2. The molecular weight excluding hydrogens is 354 g/mol. The Morgan fingerprint density at radius 2 is 1.82 bits per heavy atom. The van der Waals surface area contributed by atoms with E-state index in [0.29, 0.717) is 5.92 Å². The van der Waals surface area contributed by atoms with Crippen LogP contribution in [0.4, 0.5) is 10.5 Å². The second kappa shape index (κ2) is 9.03. The third-order valence-corrected chi connectivity index (χ3v) is 5.49. The van der Waals surface area contributed by atoms with Crippen molar-refractivity contribution in [3.63, 3.8) is 0 Å². The normalized spacial score (nSPS) is 21.5. The van der Waals surface area contributed by atoms with E-state index in [1.54, 1.807) is 7.11 Å². The number of carbonyl (C=O) groups excluding carboxylic acids is 1. The van der Waals surface area contributed by atoms with Gasteiger partial charge in [-0.3, -0.25) is 4.90 Å². The first-order chi connectivity index (χ1) is 13.4. The number of benzene rings is 1. The molecular formula is C22H35N3O3. The van der Waals surface area contributed by atoms with E-state index in [-0.39, 0.29) is 6.09 Å². The molecule has 0 bridgehead atoms. The Bertz CT molecular complexity index is 651. The highest BCUT2D eigenvalue weighted by molar-refractivity contribution is 5.68. The molecule has 1 unspecified atom stereocenters. The van der Waals surface area contributed by atoms with Gasteiger partial charge in [0.1, 0.15) is 11.4 Å². The summed E-state index contributed by atoms with van der Waals surface area (Å²) >= 11 is 0. The van der Waals surface area contributed by atoms with Crippen LogP contribution >= 0.6 is 0 Å². The van der Waals surface area contributed by atoms with Crippen LogP contribution in [-0.4, -0.2) is 74.4 Å². The van der Waals surface area contributed by atoms with Crippen molar-refractivity contribution in [2.24, 2.45) is 5.92 Å². The summed E-state index contributed by atoms with van der Waals surface area (Å²) in [7, 11) is 1.73. The Hall–Kier alpha value is -1.95. The van der Waals surface area contributed by atoms with Crippen molar-refractivity contribution in [1.29, 1.82) is 0 Å². The maximum atomic E-state index is 12.4. The molecule has 0 spiro atoms. The largest absolute Gasteiger partial charge is 0.495 e. The lowest BCUT2D eigenvalue weighted by Gasteiger charge is -2.40. The molecule has 2 saturated heterocycles. The topological polar surface area (TPSA) is 45.2 Å². The number of anilines is 1. The van der Waals surface area contributed by atoms with E-state index in [1.165, 1.54) is 12.1 Å². The van der Waals surface area contributed by atoms with Crippen LogP contribution in [0.3, 0.4) is 0 Å². The van der Waals surface area contributed by atoms with Gasteiger partial charge in [-0.1, -0.05) is 12.1 Å². The first-order valence-corrected chi connectivity index (χ1v) is 10.4. The summed E-state index contributed by atoms with van der Waals surface area (Å²) in [6, 6.07) is 8.24. The van der Waals surface area contributed by atoms with Gasteiger partial charge in [-0.2, -0.15) is 0 Å². The van der Waals surface area contributed by atoms with Crippen molar-refractivity contribution < 1.29 is 14.3 Å². The monoisotopic (exact) mass is 389 g/mol. The quantitative estimate of drug-likeness (QED) is 0.789. The van der Waals surface area contributed by atoms with Gasteiger partial charge in [0.25, 0.3) is 0 Å². The summed E-state index contributed by atoms with van der Waals surface area (Å²) in [4.78, 5) is 19.2. The smallest absolute Gasteiger partial charge is 0.410 e. The lowest BCUT2D eigenvalue weighted by molar-refractivity contribution is 0.0143. The van der Waals surface area contributed by atoms with Gasteiger partial charge in [0, 0.05) is 45.8 Å². The Labute approximate surface area is 169 Å². The molecule has 0 saturated carbocycles. The van der Waals surface area contributed by atoms with Crippen LogP contribution in [0.1, 0.15) is 33.6 Å². The number of hydrogen-bond donors (Lipinski definition) is 0. The second-order valence-electron chi connectivity index (χ2n) is 8.89. The van der Waals surface area contributed by atoms with Crippen molar-refractivity contribution >= 4 is 11.8 Å². The van der Waals surface area contributed by atoms with Crippen LogP contribution in [0.2, 0.25) is 0 Å². The molecule has 3 rings (SSSR count). The average Bonchev–Trinajstić information content (AvgIpc) is 2.67. The maximum Gasteiger partial charge on any atom is 0.410 e. The number of amides is 1. The van der Waals surface area contributed by atoms with Gasteiger partial charge in [-0.05, 0) is 51.7 Å². The molecule has 2 aliphatic heterocycles. The van der Waals surface area contributed by atoms with Crippen molar-refractivity contribution in [3.8, 4) is 5.75 Å². The number of carbonyl (C=O) groups is 1. The van der Waals surface area contributed by atoms with E-state index in [0.717, 1.165) is 58.0 Å². The molecule has 0 aromatic heterocycles. The van der Waals surface area contributed by atoms with E-state index >= 15 is 0 Å². The molecule has 1 amide bonds. The van der Waals surface area contributed by atoms with Gasteiger partial charge in [0.15, 0.2) is 0 Å². The minimum absolute atomic E-state index is 0.168. The molecule has 1 atom stereocenters. The third-order valence-electron chi connectivity index (χ3n) is 5.49. The predicted molar refractivity (Wildman–Crippen MR) is 112 cm³/mol. The van der Waals surface area contributed by atoms with Gasteiger partial charge in [0.2, 0.25) is 0 Å². The van der Waals surface area contributed by atoms with Gasteiger partial charge in [0.05, 0.1) is 12.8 Å². The molecule has 2 aliphatic rings. The number of para-hydroxylation sites is 2. The summed E-state index contributed by atoms with van der Waals surface area (Å²) in [5.74, 6) is 1.47. The highest BCUT2D eigenvalue weighted by Gasteiger charge is 2.29. The summed E-state index contributed by atoms with van der Waals surface area (Å²) in [5, 5.41) is 0. The van der Waals surface area contributed by atoms with Crippen LogP contribution < -0.4 is 9.64 Å². The van der Waals surface area contributed by atoms with Crippen LogP contribution in [-0.2, 0) is 4.74 Å². The minimum Gasteiger partial charge on any atom is -0.495 e. The van der Waals surface area contributed by atoms with Crippen LogP contribution in [0.15, 0.2) is 24.3 Å². The van der Waals surface area contributed by atoms with Crippen molar-refractivity contribution in [2.45, 2.75) is 39.2 Å². The molecule has 2 heterocycles. The van der Waals surface area contributed by atoms with Crippen molar-refractivity contribution in [1.82, 2.24) is 9.80 Å². The first-order valence-electron chi connectivity index (χ1n) is 10.4. The van der Waals surface area contributed by atoms with E-state index in [4.69, 9.17) is 9.47 Å². The number of rotatable bonds is 4. The van der Waals surface area contributed by atoms with Crippen LogP contribution in [0, 0.1) is 5.92 Å². The molecule has 156 valence electrons. The third kappa shape index (κ3) is 5.53. The van der Waals surface area contributed by atoms with E-state index < -0.39 is 5.60 Å². The molecule has 6 heteroatoms. The lowest BCUT2D eigenvalue weighted by Crippen LogP contribution is -2.50. The maximum absolute atomic E-state index is 12.4. The number of piperidine rings is 1. The van der Waals surface area contributed by atoms with E-state index in [2.05, 4.69) is 21.9 Å². The fourth-order valence-corrected chi connectivity index (χ4v) is 4.13. The molecule has 1 aromatic rings. The fourth-order valence-electron chi connectivity index (χ4n) is 4.13. The van der Waals surface area contributed by atoms with Crippen molar-refractivity contribution in [3.05, 3.63) is 24.3 Å². The molecule has 6 nitrogen and oxygen atoms in total. The summed E-state index contributed by atoms with van der Waals surface area (Å²) in [5.41, 5.74) is 0.747. The Morgan fingerprint density at radius 1 is 1.11 bits per heavy atom. The number of nitrogens with zero attached hydrogens (tertiary/aromatic N) is 3. The summed E-state index contributed by atoms with van der Waals surface area (Å²) in [6.07, 6.45) is 2.08. The SMILES string of the molecule is COc1ccccc1N1CCN(CC2CCCN(C(=O)OC(C)(C)C)C2)CC1. The average molecular weight is 390 g/mol. The van der Waals surface area contributed by atoms with Crippen LogP contribution in [0.5, 0.6) is 5.75 Å². The van der Waals surface area contributed by atoms with Crippen LogP contribution in [0.25, 0.3) is 0 Å².